The Balaban J connectivity index is 0.000000134. The Hall–Kier alpha value is -13.1. The molecular formula is C109H128N18O12. The van der Waals surface area contributed by atoms with Gasteiger partial charge in [0.2, 0.25) is 23.8 Å². The fourth-order valence-corrected chi connectivity index (χ4v) is 16.6. The molecule has 12 aromatic rings. The Bertz CT molecular complexity index is 6000. The lowest BCUT2D eigenvalue weighted by molar-refractivity contribution is 0.138. The third-order valence-electron chi connectivity index (χ3n) is 24.1. The van der Waals surface area contributed by atoms with Crippen molar-refractivity contribution in [2.45, 2.75) is 98.3 Å². The molecule has 139 heavy (non-hydrogen) atoms. The first-order valence-corrected chi connectivity index (χ1v) is 48.3. The average molecular weight is 1880 g/mol. The van der Waals surface area contributed by atoms with Crippen molar-refractivity contribution in [2.75, 3.05) is 192 Å². The third-order valence-corrected chi connectivity index (χ3v) is 24.1. The second-order valence-corrected chi connectivity index (χ2v) is 35.0. The molecule has 6 aromatic heterocycles. The van der Waals surface area contributed by atoms with Crippen LogP contribution in [0.5, 0.6) is 17.2 Å². The van der Waals surface area contributed by atoms with E-state index in [0.717, 1.165) is 188 Å². The molecule has 0 spiro atoms. The number of anilines is 9. The summed E-state index contributed by atoms with van der Waals surface area (Å²) in [6.07, 6.45) is 35.9. The van der Waals surface area contributed by atoms with E-state index in [-0.39, 0.29) is 0 Å². The molecule has 24 bridgehead atoms. The summed E-state index contributed by atoms with van der Waals surface area (Å²) in [5.74, 6) is 5.32. The van der Waals surface area contributed by atoms with Gasteiger partial charge in [0.1, 0.15) is 42.8 Å². The molecule has 3 fully saturated rings. The maximum absolute atomic E-state index is 6.18. The first-order valence-electron chi connectivity index (χ1n) is 48.3. The number of likely N-dealkylation sites (tertiary alicyclic amines) is 3. The van der Waals surface area contributed by atoms with E-state index in [4.69, 9.17) is 71.5 Å². The molecule has 4 N–H and O–H groups in total. The van der Waals surface area contributed by atoms with Crippen molar-refractivity contribution < 1.29 is 56.5 Å². The molecule has 30 heteroatoms. The molecule has 0 saturated carbocycles. The summed E-state index contributed by atoms with van der Waals surface area (Å²) >= 11 is 0. The van der Waals surface area contributed by atoms with Crippen LogP contribution in [0.25, 0.3) is 45.2 Å². The van der Waals surface area contributed by atoms with Gasteiger partial charge < -0.3 is 87.6 Å². The highest BCUT2D eigenvalue weighted by molar-refractivity contribution is 5.70. The zero-order valence-corrected chi connectivity index (χ0v) is 80.2. The van der Waals surface area contributed by atoms with Gasteiger partial charge >= 0.3 is 0 Å². The number of hydrogen-bond donors (Lipinski definition) is 4. The number of benzene rings is 6. The van der Waals surface area contributed by atoms with E-state index in [1.807, 2.05) is 146 Å². The van der Waals surface area contributed by atoms with Gasteiger partial charge in [0.05, 0.1) is 129 Å². The van der Waals surface area contributed by atoms with Crippen LogP contribution >= 0.6 is 0 Å². The largest absolute Gasteiger partial charge is 0.492 e. The molecule has 7 aliphatic rings. The van der Waals surface area contributed by atoms with Crippen LogP contribution in [0.1, 0.15) is 88.6 Å². The van der Waals surface area contributed by atoms with Crippen molar-refractivity contribution in [3.05, 3.63) is 294 Å². The maximum atomic E-state index is 6.18. The van der Waals surface area contributed by atoms with E-state index in [1.54, 1.807) is 37.2 Å². The van der Waals surface area contributed by atoms with E-state index in [9.17, 15) is 0 Å². The number of fused-ring (bicyclic) bond motifs is 28. The van der Waals surface area contributed by atoms with Gasteiger partial charge in [0.15, 0.2) is 5.76 Å². The lowest BCUT2D eigenvalue weighted by atomic mass is 10.0. The van der Waals surface area contributed by atoms with Crippen LogP contribution in [0.2, 0.25) is 0 Å². The molecule has 726 valence electrons. The molecule has 6 aromatic carbocycles. The maximum Gasteiger partial charge on any atom is 0.227 e. The summed E-state index contributed by atoms with van der Waals surface area (Å²) in [7, 11) is 6.29. The quantitative estimate of drug-likeness (QED) is 0.0654. The first-order chi connectivity index (χ1) is 68.5. The fourth-order valence-electron chi connectivity index (χ4n) is 16.6. The summed E-state index contributed by atoms with van der Waals surface area (Å²) in [4.78, 5) is 52.7. The smallest absolute Gasteiger partial charge is 0.227 e. The van der Waals surface area contributed by atoms with Crippen molar-refractivity contribution >= 4 is 52.2 Å². The normalized spacial score (nSPS) is 17.1. The number of nitrogens with one attached hydrogen (secondary N) is 4. The van der Waals surface area contributed by atoms with Crippen LogP contribution in [-0.2, 0) is 90.7 Å². The Morgan fingerprint density at radius 2 is 0.734 bits per heavy atom. The Labute approximate surface area is 815 Å². The predicted octanol–water partition coefficient (Wildman–Crippen LogP) is 18.7. The predicted molar refractivity (Wildman–Crippen MR) is 543 cm³/mol. The molecule has 0 aliphatic carbocycles. The SMILES string of the molecule is C1=C/COCc2cc(ccc2OCCN2CCCC2)Nc2nccc(n2)-c2cc(co2)COC/1.C1=C/COCc2cc(ccc2OCCN2CCCC2)Nc2nccc(n2)-c2cncc(c2)COC/1.CN(C)CCN(C)c1ccc2cc1COC/C=C/COCc1cccc(c1)-c1ccnc(n1)N2.Cc1ccc2cc1-c1ccnc(n1)Nc1ccc(OCCN3CCCC3)c(c1)COC/C=C/COC2. The minimum absolute atomic E-state index is 0.439. The number of rotatable bonds is 16. The molecule has 0 unspecified atom stereocenters. The van der Waals surface area contributed by atoms with Crippen molar-refractivity contribution in [2.24, 2.45) is 0 Å². The second-order valence-electron chi connectivity index (χ2n) is 35.0. The van der Waals surface area contributed by atoms with Crippen molar-refractivity contribution in [1.29, 1.82) is 0 Å². The highest BCUT2D eigenvalue weighted by Crippen LogP contribution is 2.35. The minimum atomic E-state index is 0.439. The van der Waals surface area contributed by atoms with Gasteiger partial charge in [-0.15, -0.1) is 0 Å². The summed E-state index contributed by atoms with van der Waals surface area (Å²) in [6, 6.07) is 50.6. The van der Waals surface area contributed by atoms with Gasteiger partial charge in [-0.1, -0.05) is 78.9 Å². The number of pyridine rings is 1. The second kappa shape index (κ2) is 53.2. The molecular weight excluding hydrogens is 1750 g/mol. The zero-order valence-electron chi connectivity index (χ0n) is 80.2. The summed E-state index contributed by atoms with van der Waals surface area (Å²) < 4.78 is 71.0. The van der Waals surface area contributed by atoms with Crippen LogP contribution in [0, 0.1) is 6.92 Å². The van der Waals surface area contributed by atoms with Crippen LogP contribution < -0.4 is 40.4 Å². The van der Waals surface area contributed by atoms with Gasteiger partial charge in [-0.25, -0.2) is 39.9 Å². The number of hydrogen-bond acceptors (Lipinski definition) is 30. The van der Waals surface area contributed by atoms with E-state index in [1.165, 1.54) is 51.6 Å². The van der Waals surface area contributed by atoms with Crippen LogP contribution in [0.3, 0.4) is 0 Å². The van der Waals surface area contributed by atoms with E-state index >= 15 is 0 Å². The van der Waals surface area contributed by atoms with E-state index in [2.05, 4.69) is 164 Å². The molecule has 13 heterocycles. The van der Waals surface area contributed by atoms with Gasteiger partial charge in [-0.3, -0.25) is 19.7 Å². The Kier molecular flexibility index (Phi) is 37.9. The highest BCUT2D eigenvalue weighted by Gasteiger charge is 2.21. The summed E-state index contributed by atoms with van der Waals surface area (Å²) in [5.41, 5.74) is 20.4. The minimum Gasteiger partial charge on any atom is -0.492 e. The van der Waals surface area contributed by atoms with Crippen molar-refractivity contribution in [1.82, 2.24) is 64.5 Å². The highest BCUT2D eigenvalue weighted by atomic mass is 16.5. The van der Waals surface area contributed by atoms with Gasteiger partial charge in [0, 0.05) is 150 Å². The van der Waals surface area contributed by atoms with Gasteiger partial charge in [-0.2, -0.15) is 0 Å². The topological polar surface area (TPSA) is 295 Å². The van der Waals surface area contributed by atoms with Gasteiger partial charge in [-0.05, 0) is 242 Å². The average Bonchev–Trinajstić information content (AvgIpc) is 1.29. The van der Waals surface area contributed by atoms with Crippen LogP contribution in [-0.4, -0.2) is 230 Å². The standard InChI is InChI=1S/C29H34N4O3.C27H31N5O3.C27H33N5O2.C26H30N4O4/c1-22-6-7-23-18-26(22)27-10-11-30-29(32-27)31-25-8-9-28(36-17-14-33-12-2-3-13-33)24(19-25)21-35-16-5-4-15-34-20-23;1-2-10-32(9-1)11-14-35-26-6-5-24-16-23(26)20-34-13-4-3-12-33-19-21-15-22(18-28-17-21)25-7-8-29-27(30-24)31-25;1-31(2)13-14-32(3)26-10-9-24-18-23(26)20-34-16-5-4-15-33-19-21-7-6-8-22(17-21)25-11-12-28-27(29-24)30-25;1-2-10-30(9-1)11-14-33-24-6-5-22-16-21(24)19-32-13-4-3-12-31-17-20-15-25(34-18-20)23-7-8-27-26(28-22)29-23/h4-11,18-19H,2-3,12-17,20-21H2,1H3,(H,30,31,32);3-8,15-18H,1-2,9-14,19-20H2,(H,29,30,31);4-12,17-18H,13-16,19-20H2,1-3H3,(H,28,29,30);3-8,15-16,18H,1-2,9-14,17,19H2,(H,27,28,29)/b5-4+;4-3+;5-4+;4-3+. The Morgan fingerprint density at radius 3 is 1.21 bits per heavy atom. The zero-order chi connectivity index (χ0) is 95.0. The van der Waals surface area contributed by atoms with E-state index in [0.29, 0.717) is 161 Å². The molecule has 3 saturated heterocycles. The summed E-state index contributed by atoms with van der Waals surface area (Å²) in [5, 5.41) is 13.3. The molecule has 0 atom stereocenters. The number of likely N-dealkylation sites (N-methyl/N-ethyl adjacent to an activating group) is 2. The molecule has 30 nitrogen and oxygen atoms in total. The lowest BCUT2D eigenvalue weighted by Gasteiger charge is -2.25. The molecule has 0 radical (unpaired) electrons. The monoisotopic (exact) mass is 1880 g/mol. The number of nitrogens with zero attached hydrogens (tertiary/aromatic N) is 14. The summed E-state index contributed by atoms with van der Waals surface area (Å²) in [6.45, 7) is 23.8. The van der Waals surface area contributed by atoms with E-state index < -0.39 is 0 Å². The first kappa shape index (κ1) is 99.0. The Morgan fingerprint density at radius 1 is 0.345 bits per heavy atom. The van der Waals surface area contributed by atoms with Crippen LogP contribution in [0.4, 0.5) is 52.2 Å². The molecule has 19 rings (SSSR count). The number of furan rings is 1. The molecule has 0 amide bonds. The van der Waals surface area contributed by atoms with Crippen LogP contribution in [0.15, 0.2) is 248 Å². The number of aryl methyl sites for hydroxylation is 1. The molecule has 7 aliphatic heterocycles. The lowest BCUT2D eigenvalue weighted by Crippen LogP contribution is -2.29. The third kappa shape index (κ3) is 31.5. The van der Waals surface area contributed by atoms with Crippen molar-refractivity contribution in [3.8, 4) is 62.5 Å². The number of aromatic nitrogens is 9. The van der Waals surface area contributed by atoms with Gasteiger partial charge in [0.25, 0.3) is 0 Å². The fraction of sp³-hybridized carbons (Fsp3) is 0.367. The van der Waals surface area contributed by atoms with Crippen molar-refractivity contribution in [3.63, 3.8) is 0 Å². The number of ether oxygens (including phenoxy) is 11.